The molecule has 2 N–H and O–H groups in total. The molecule has 0 radical (unpaired) electrons. The van der Waals surface area contributed by atoms with Gasteiger partial charge in [-0.2, -0.15) is 0 Å². The first kappa shape index (κ1) is 21.6. The maximum atomic E-state index is 12.6. The molecule has 5 nitrogen and oxygen atoms in total. The highest BCUT2D eigenvalue weighted by molar-refractivity contribution is 5.93. The van der Waals surface area contributed by atoms with Crippen LogP contribution in [-0.4, -0.2) is 30.1 Å². The van der Waals surface area contributed by atoms with Crippen molar-refractivity contribution in [3.05, 3.63) is 94.9 Å². The summed E-state index contributed by atoms with van der Waals surface area (Å²) < 4.78 is 5.91. The number of nitrogens with zero attached hydrogens (tertiary/aromatic N) is 1. The quantitative estimate of drug-likeness (QED) is 0.690. The van der Waals surface area contributed by atoms with Crippen LogP contribution in [0.3, 0.4) is 0 Å². The summed E-state index contributed by atoms with van der Waals surface area (Å²) in [7, 11) is 0. The Bertz CT molecular complexity index is 1120. The number of aryl methyl sites for hydroxylation is 2. The predicted molar refractivity (Wildman–Crippen MR) is 128 cm³/mol. The average molecular weight is 428 g/mol. The zero-order valence-electron chi connectivity index (χ0n) is 18.8. The summed E-state index contributed by atoms with van der Waals surface area (Å²) >= 11 is 0. The van der Waals surface area contributed by atoms with E-state index < -0.39 is 0 Å². The van der Waals surface area contributed by atoms with E-state index in [4.69, 9.17) is 9.72 Å². The molecule has 0 spiro atoms. The minimum absolute atomic E-state index is 0.0539. The van der Waals surface area contributed by atoms with Crippen molar-refractivity contribution in [2.75, 3.05) is 13.2 Å². The first-order chi connectivity index (χ1) is 15.5. The summed E-state index contributed by atoms with van der Waals surface area (Å²) in [5.41, 5.74) is 6.79. The molecule has 1 aliphatic carbocycles. The number of ether oxygens (including phenoxy) is 1. The number of hydrogen-bond donors (Lipinski definition) is 2. The highest BCUT2D eigenvalue weighted by atomic mass is 16.5. The number of fused-ring (bicyclic) bond motifs is 1. The molecule has 1 atom stereocenters. The van der Waals surface area contributed by atoms with Gasteiger partial charge in [0.15, 0.2) is 0 Å². The van der Waals surface area contributed by atoms with E-state index in [1.54, 1.807) is 0 Å². The summed E-state index contributed by atoms with van der Waals surface area (Å²) in [6.45, 7) is 7.18. The first-order valence-electron chi connectivity index (χ1n) is 11.1. The Labute approximate surface area is 189 Å². The summed E-state index contributed by atoms with van der Waals surface area (Å²) in [4.78, 5) is 17.5. The Morgan fingerprint density at radius 2 is 1.97 bits per heavy atom. The number of rotatable bonds is 7. The molecule has 1 aromatic heterocycles. The molecule has 1 amide bonds. The number of hydrogen-bond acceptors (Lipinski definition) is 4. The largest absolute Gasteiger partial charge is 0.491 e. The van der Waals surface area contributed by atoms with Gasteiger partial charge in [0.1, 0.15) is 17.1 Å². The van der Waals surface area contributed by atoms with Crippen LogP contribution in [0.4, 0.5) is 0 Å². The predicted octanol–water partition coefficient (Wildman–Crippen LogP) is 4.33. The minimum Gasteiger partial charge on any atom is -0.491 e. The lowest BCUT2D eigenvalue weighted by Gasteiger charge is -2.24. The third-order valence-corrected chi connectivity index (χ3v) is 5.55. The second-order valence-corrected chi connectivity index (χ2v) is 8.03. The molecule has 0 saturated heterocycles. The molecule has 32 heavy (non-hydrogen) atoms. The topological polar surface area (TPSA) is 63.2 Å². The van der Waals surface area contributed by atoms with Gasteiger partial charge in [0.05, 0.1) is 12.6 Å². The fourth-order valence-electron chi connectivity index (χ4n) is 3.87. The lowest BCUT2D eigenvalue weighted by Crippen LogP contribution is -2.39. The van der Waals surface area contributed by atoms with Crippen LogP contribution in [0.1, 0.15) is 23.7 Å². The van der Waals surface area contributed by atoms with Gasteiger partial charge in [-0.15, -0.1) is 0 Å². The summed E-state index contributed by atoms with van der Waals surface area (Å²) in [6, 6.07) is 10.4. The maximum absolute atomic E-state index is 12.6. The van der Waals surface area contributed by atoms with Crippen LogP contribution in [0, 0.1) is 13.8 Å². The van der Waals surface area contributed by atoms with E-state index in [1.807, 2.05) is 50.3 Å². The van der Waals surface area contributed by atoms with Crippen molar-refractivity contribution in [2.45, 2.75) is 33.2 Å². The second kappa shape index (κ2) is 9.69. The molecule has 2 heterocycles. The van der Waals surface area contributed by atoms with Crippen molar-refractivity contribution in [1.29, 1.82) is 0 Å². The molecule has 1 unspecified atom stereocenters. The van der Waals surface area contributed by atoms with Gasteiger partial charge in [0.25, 0.3) is 5.91 Å². The van der Waals surface area contributed by atoms with Crippen LogP contribution in [0.15, 0.2) is 78.1 Å². The van der Waals surface area contributed by atoms with Crippen LogP contribution in [0.5, 0.6) is 5.75 Å². The number of aromatic nitrogens is 1. The molecule has 0 saturated carbocycles. The molecular formula is C27H29N3O2. The van der Waals surface area contributed by atoms with Gasteiger partial charge in [-0.05, 0) is 44.1 Å². The number of allylic oxidation sites excluding steroid dienone is 4. The van der Waals surface area contributed by atoms with Crippen LogP contribution in [0.25, 0.3) is 11.3 Å². The molecule has 0 fully saturated rings. The van der Waals surface area contributed by atoms with Crippen LogP contribution >= 0.6 is 0 Å². The van der Waals surface area contributed by atoms with Gasteiger partial charge < -0.3 is 15.4 Å². The normalized spacial score (nSPS) is 16.5. The van der Waals surface area contributed by atoms with Crippen molar-refractivity contribution < 1.29 is 9.53 Å². The number of benzene rings is 1. The van der Waals surface area contributed by atoms with E-state index in [9.17, 15) is 4.79 Å². The zero-order chi connectivity index (χ0) is 22.5. The first-order valence-corrected chi connectivity index (χ1v) is 11.1. The number of pyridine rings is 1. The summed E-state index contributed by atoms with van der Waals surface area (Å²) in [5, 5.41) is 6.29. The summed E-state index contributed by atoms with van der Waals surface area (Å²) in [6.07, 6.45) is 12.5. The van der Waals surface area contributed by atoms with Crippen LogP contribution in [-0.2, 0) is 11.2 Å². The number of nitrogens with one attached hydrogen (secondary N) is 2. The van der Waals surface area contributed by atoms with Gasteiger partial charge in [0.2, 0.25) is 0 Å². The number of carbonyl (C=O) groups excluding carboxylic acids is 1. The molecule has 5 heteroatoms. The second-order valence-electron chi connectivity index (χ2n) is 8.03. The Balaban J connectivity index is 1.45. The van der Waals surface area contributed by atoms with Crippen molar-refractivity contribution >= 4 is 5.91 Å². The van der Waals surface area contributed by atoms with Gasteiger partial charge in [-0.25, -0.2) is 4.98 Å². The van der Waals surface area contributed by atoms with E-state index in [0.717, 1.165) is 33.8 Å². The zero-order valence-corrected chi connectivity index (χ0v) is 18.8. The van der Waals surface area contributed by atoms with Crippen molar-refractivity contribution in [3.63, 3.8) is 0 Å². The molecule has 2 aliphatic rings. The lowest BCUT2D eigenvalue weighted by molar-refractivity contribution is -0.117. The molecule has 1 aromatic carbocycles. The van der Waals surface area contributed by atoms with E-state index in [0.29, 0.717) is 25.3 Å². The molecule has 4 rings (SSSR count). The maximum Gasteiger partial charge on any atom is 0.267 e. The summed E-state index contributed by atoms with van der Waals surface area (Å²) in [5.74, 6) is 0.711. The van der Waals surface area contributed by atoms with Crippen LogP contribution in [0.2, 0.25) is 0 Å². The smallest absolute Gasteiger partial charge is 0.267 e. The standard InChI is InChI=1S/C27H29N3O2/c1-4-32-26-19(3)17-22(29-25(26)21-11-9-18(2)10-12-21)15-16-28-27(31)24-14-13-20-7-5-6-8-23(20)30-24/h5-14,17,23,30H,4,15-16H2,1-3H3,(H,28,31). The molecule has 164 valence electrons. The SMILES string of the molecule is CCOc1c(C)cc(CCNC(=O)C2=CC=C3C=CC=CC3N2)nc1-c1ccc(C)cc1. The molecule has 2 aromatic rings. The Morgan fingerprint density at radius 1 is 1.16 bits per heavy atom. The van der Waals surface area contributed by atoms with Crippen LogP contribution < -0.4 is 15.4 Å². The Morgan fingerprint density at radius 3 is 2.75 bits per heavy atom. The van der Waals surface area contributed by atoms with E-state index in [1.165, 1.54) is 5.56 Å². The van der Waals surface area contributed by atoms with E-state index >= 15 is 0 Å². The van der Waals surface area contributed by atoms with Crippen molar-refractivity contribution in [3.8, 4) is 17.0 Å². The molecule has 0 bridgehead atoms. The number of carbonyl (C=O) groups is 1. The van der Waals surface area contributed by atoms with E-state index in [2.05, 4.69) is 47.9 Å². The Hall–Kier alpha value is -3.60. The van der Waals surface area contributed by atoms with Gasteiger partial charge in [0, 0.05) is 24.2 Å². The average Bonchev–Trinajstić information content (AvgIpc) is 2.81. The van der Waals surface area contributed by atoms with E-state index in [-0.39, 0.29) is 11.9 Å². The fourth-order valence-corrected chi connectivity index (χ4v) is 3.87. The van der Waals surface area contributed by atoms with Gasteiger partial charge in [-0.1, -0.05) is 60.2 Å². The fraction of sp³-hybridized carbons (Fsp3) is 0.259. The number of amides is 1. The van der Waals surface area contributed by atoms with Gasteiger partial charge in [-0.3, -0.25) is 4.79 Å². The van der Waals surface area contributed by atoms with Crippen molar-refractivity contribution in [2.24, 2.45) is 0 Å². The number of dihydropyridines is 1. The lowest BCUT2D eigenvalue weighted by atomic mass is 9.98. The molecular weight excluding hydrogens is 398 g/mol. The van der Waals surface area contributed by atoms with Gasteiger partial charge >= 0.3 is 0 Å². The highest BCUT2D eigenvalue weighted by Gasteiger charge is 2.20. The third kappa shape index (κ3) is 4.83. The third-order valence-electron chi connectivity index (χ3n) is 5.55. The molecule has 1 aliphatic heterocycles. The van der Waals surface area contributed by atoms with Crippen molar-refractivity contribution in [1.82, 2.24) is 15.6 Å². The Kier molecular flexibility index (Phi) is 6.55. The monoisotopic (exact) mass is 427 g/mol. The highest BCUT2D eigenvalue weighted by Crippen LogP contribution is 2.32. The minimum atomic E-state index is -0.107.